The lowest BCUT2D eigenvalue weighted by Crippen LogP contribution is -2.48. The summed E-state index contributed by atoms with van der Waals surface area (Å²) in [6.07, 6.45) is 4.10. The molecule has 1 atom stereocenters. The molecule has 7 nitrogen and oxygen atoms in total. The van der Waals surface area contributed by atoms with Crippen LogP contribution in [0.15, 0.2) is 42.6 Å². The normalized spacial score (nSPS) is 11.2. The number of aryl methyl sites for hydroxylation is 1. The van der Waals surface area contributed by atoms with Crippen LogP contribution in [0.1, 0.15) is 27.9 Å². The second-order valence-electron chi connectivity index (χ2n) is 6.41. The number of hydrogen-bond donors (Lipinski definition) is 3. The van der Waals surface area contributed by atoms with Crippen molar-refractivity contribution in [3.63, 3.8) is 0 Å². The van der Waals surface area contributed by atoms with Crippen molar-refractivity contribution in [2.24, 2.45) is 0 Å². The van der Waals surface area contributed by atoms with Gasteiger partial charge in [-0.25, -0.2) is 4.98 Å². The Morgan fingerprint density at radius 2 is 2.07 bits per heavy atom. The van der Waals surface area contributed by atoms with Gasteiger partial charge in [-0.2, -0.15) is 17.0 Å². The number of anilines is 1. The lowest BCUT2D eigenvalue weighted by Gasteiger charge is -2.18. The summed E-state index contributed by atoms with van der Waals surface area (Å²) in [6, 6.07) is 12.1. The SMILES string of the molecule is CSCCC(NC(=O)c1cccc(C)c1)C(=O)NCCNc1ncccc1C#N. The lowest BCUT2D eigenvalue weighted by atomic mass is 10.1. The van der Waals surface area contributed by atoms with Crippen LogP contribution in [0.25, 0.3) is 0 Å². The summed E-state index contributed by atoms with van der Waals surface area (Å²) < 4.78 is 0. The van der Waals surface area contributed by atoms with Gasteiger partial charge in [-0.1, -0.05) is 17.7 Å². The fourth-order valence-corrected chi connectivity index (χ4v) is 3.13. The first-order valence-electron chi connectivity index (χ1n) is 9.28. The van der Waals surface area contributed by atoms with Crippen LogP contribution < -0.4 is 16.0 Å². The minimum atomic E-state index is -0.611. The second kappa shape index (κ2) is 11.7. The van der Waals surface area contributed by atoms with Crippen molar-refractivity contribution in [3.8, 4) is 6.07 Å². The van der Waals surface area contributed by atoms with Crippen molar-refractivity contribution in [2.45, 2.75) is 19.4 Å². The van der Waals surface area contributed by atoms with Crippen LogP contribution in [0.4, 0.5) is 5.82 Å². The molecule has 29 heavy (non-hydrogen) atoms. The molecule has 1 aromatic carbocycles. The summed E-state index contributed by atoms with van der Waals surface area (Å²) in [5, 5.41) is 17.8. The molecule has 1 aromatic heterocycles. The van der Waals surface area contributed by atoms with E-state index in [-0.39, 0.29) is 11.8 Å². The van der Waals surface area contributed by atoms with Gasteiger partial charge in [0.15, 0.2) is 0 Å². The number of nitrogens with one attached hydrogen (secondary N) is 3. The molecule has 0 aliphatic rings. The van der Waals surface area contributed by atoms with Crippen molar-refractivity contribution in [1.82, 2.24) is 15.6 Å². The number of thioether (sulfide) groups is 1. The van der Waals surface area contributed by atoms with E-state index in [0.717, 1.165) is 11.3 Å². The first-order chi connectivity index (χ1) is 14.0. The van der Waals surface area contributed by atoms with Gasteiger partial charge in [0.2, 0.25) is 5.91 Å². The average Bonchev–Trinajstić information content (AvgIpc) is 2.74. The zero-order chi connectivity index (χ0) is 21.1. The highest BCUT2D eigenvalue weighted by molar-refractivity contribution is 7.98. The largest absolute Gasteiger partial charge is 0.367 e. The Kier molecular flexibility index (Phi) is 8.99. The van der Waals surface area contributed by atoms with E-state index >= 15 is 0 Å². The molecule has 0 radical (unpaired) electrons. The number of benzene rings is 1. The Morgan fingerprint density at radius 1 is 1.24 bits per heavy atom. The van der Waals surface area contributed by atoms with Crippen molar-refractivity contribution in [1.29, 1.82) is 5.26 Å². The maximum absolute atomic E-state index is 12.6. The van der Waals surface area contributed by atoms with Crippen molar-refractivity contribution >= 4 is 29.4 Å². The van der Waals surface area contributed by atoms with Gasteiger partial charge in [-0.05, 0) is 49.6 Å². The molecule has 0 spiro atoms. The number of carbonyl (C=O) groups excluding carboxylic acids is 2. The van der Waals surface area contributed by atoms with Crippen LogP contribution in [0.3, 0.4) is 0 Å². The van der Waals surface area contributed by atoms with Gasteiger partial charge in [-0.3, -0.25) is 9.59 Å². The number of rotatable bonds is 10. The van der Waals surface area contributed by atoms with Crippen molar-refractivity contribution in [2.75, 3.05) is 30.4 Å². The molecule has 0 fully saturated rings. The van der Waals surface area contributed by atoms with E-state index < -0.39 is 6.04 Å². The van der Waals surface area contributed by atoms with E-state index in [9.17, 15) is 9.59 Å². The monoisotopic (exact) mass is 411 g/mol. The van der Waals surface area contributed by atoms with Gasteiger partial charge >= 0.3 is 0 Å². The van der Waals surface area contributed by atoms with Crippen LogP contribution in [-0.2, 0) is 4.79 Å². The molecule has 8 heteroatoms. The predicted molar refractivity (Wildman–Crippen MR) is 116 cm³/mol. The van der Waals surface area contributed by atoms with Crippen LogP contribution >= 0.6 is 11.8 Å². The highest BCUT2D eigenvalue weighted by Gasteiger charge is 2.20. The molecule has 152 valence electrons. The molecule has 2 rings (SSSR count). The average molecular weight is 412 g/mol. The van der Waals surface area contributed by atoms with Gasteiger partial charge < -0.3 is 16.0 Å². The number of carbonyl (C=O) groups is 2. The van der Waals surface area contributed by atoms with Crippen LogP contribution in [0, 0.1) is 18.3 Å². The van der Waals surface area contributed by atoms with E-state index in [1.54, 1.807) is 42.2 Å². The third-order valence-electron chi connectivity index (χ3n) is 4.16. The fourth-order valence-electron chi connectivity index (χ4n) is 2.66. The van der Waals surface area contributed by atoms with Crippen LogP contribution in [0.2, 0.25) is 0 Å². The Morgan fingerprint density at radius 3 is 2.79 bits per heavy atom. The number of aromatic nitrogens is 1. The molecular weight excluding hydrogens is 386 g/mol. The maximum Gasteiger partial charge on any atom is 0.251 e. The zero-order valence-electron chi connectivity index (χ0n) is 16.6. The quantitative estimate of drug-likeness (QED) is 0.518. The Balaban J connectivity index is 1.89. The number of nitriles is 1. The van der Waals surface area contributed by atoms with Gasteiger partial charge in [0, 0.05) is 24.8 Å². The zero-order valence-corrected chi connectivity index (χ0v) is 17.4. The molecule has 0 saturated carbocycles. The minimum Gasteiger partial charge on any atom is -0.367 e. The third-order valence-corrected chi connectivity index (χ3v) is 4.80. The van der Waals surface area contributed by atoms with Gasteiger partial charge in [0.1, 0.15) is 17.9 Å². The number of hydrogen-bond acceptors (Lipinski definition) is 6. The third kappa shape index (κ3) is 7.12. The predicted octanol–water partition coefficient (Wildman–Crippen LogP) is 2.34. The molecule has 0 aliphatic heterocycles. The Hall–Kier alpha value is -3.05. The summed E-state index contributed by atoms with van der Waals surface area (Å²) >= 11 is 1.62. The molecule has 1 unspecified atom stereocenters. The van der Waals surface area contributed by atoms with E-state index in [1.165, 1.54) is 0 Å². The molecule has 0 aliphatic carbocycles. The second-order valence-corrected chi connectivity index (χ2v) is 7.39. The summed E-state index contributed by atoms with van der Waals surface area (Å²) in [5.41, 5.74) is 1.97. The van der Waals surface area contributed by atoms with E-state index in [1.807, 2.05) is 25.3 Å². The number of pyridine rings is 1. The molecular formula is C21H25N5O2S. The number of nitrogens with zero attached hydrogens (tertiary/aromatic N) is 2. The van der Waals surface area contributed by atoms with Crippen LogP contribution in [0.5, 0.6) is 0 Å². The molecule has 0 bridgehead atoms. The molecule has 2 aromatic rings. The summed E-state index contributed by atoms with van der Waals surface area (Å²) in [5.74, 6) is 0.740. The first-order valence-corrected chi connectivity index (χ1v) is 10.7. The van der Waals surface area contributed by atoms with E-state index in [4.69, 9.17) is 5.26 Å². The summed E-state index contributed by atoms with van der Waals surface area (Å²) in [4.78, 5) is 29.2. The van der Waals surface area contributed by atoms with Gasteiger partial charge in [0.05, 0.1) is 5.56 Å². The minimum absolute atomic E-state index is 0.233. The molecule has 0 saturated heterocycles. The van der Waals surface area contributed by atoms with Gasteiger partial charge in [0.25, 0.3) is 5.91 Å². The molecule has 1 heterocycles. The Labute approximate surface area is 175 Å². The lowest BCUT2D eigenvalue weighted by molar-refractivity contribution is -0.122. The Bertz CT molecular complexity index is 881. The maximum atomic E-state index is 12.6. The number of amides is 2. The highest BCUT2D eigenvalue weighted by Crippen LogP contribution is 2.09. The molecule has 2 amide bonds. The van der Waals surface area contributed by atoms with E-state index in [2.05, 4.69) is 27.0 Å². The van der Waals surface area contributed by atoms with Gasteiger partial charge in [-0.15, -0.1) is 0 Å². The first kappa shape index (κ1) is 22.2. The fraction of sp³-hybridized carbons (Fsp3) is 0.333. The highest BCUT2D eigenvalue weighted by atomic mass is 32.2. The van der Waals surface area contributed by atoms with Crippen LogP contribution in [-0.4, -0.2) is 47.9 Å². The van der Waals surface area contributed by atoms with Crippen molar-refractivity contribution in [3.05, 3.63) is 59.3 Å². The van der Waals surface area contributed by atoms with E-state index in [0.29, 0.717) is 36.5 Å². The summed E-state index contributed by atoms with van der Waals surface area (Å²) in [7, 11) is 0. The summed E-state index contributed by atoms with van der Waals surface area (Å²) in [6.45, 7) is 2.68. The standard InChI is InChI=1S/C21H25N5O2S/c1-15-5-3-6-16(13-15)20(27)26-18(8-12-29-2)21(28)25-11-10-24-19-17(14-22)7-4-9-23-19/h3-7,9,13,18H,8,10-12H2,1-2H3,(H,23,24)(H,25,28)(H,26,27). The molecule has 3 N–H and O–H groups in total. The smallest absolute Gasteiger partial charge is 0.251 e. The van der Waals surface area contributed by atoms with Crippen molar-refractivity contribution < 1.29 is 9.59 Å². The topological polar surface area (TPSA) is 107 Å².